The van der Waals surface area contributed by atoms with Gasteiger partial charge < -0.3 is 5.73 Å². The first-order chi connectivity index (χ1) is 10.0. The highest BCUT2D eigenvalue weighted by molar-refractivity contribution is 5.85. The lowest BCUT2D eigenvalue weighted by Gasteiger charge is -2.42. The zero-order chi connectivity index (χ0) is 14.9. The van der Waals surface area contributed by atoms with E-state index in [1.54, 1.807) is 0 Å². The molecule has 0 aliphatic carbocycles. The Morgan fingerprint density at radius 2 is 2.00 bits per heavy atom. The van der Waals surface area contributed by atoms with E-state index >= 15 is 0 Å². The van der Waals surface area contributed by atoms with Crippen LogP contribution in [0.25, 0.3) is 5.69 Å². The van der Waals surface area contributed by atoms with Gasteiger partial charge >= 0.3 is 0 Å². The minimum absolute atomic E-state index is 0. The van der Waals surface area contributed by atoms with Crippen molar-refractivity contribution in [2.45, 2.75) is 32.9 Å². The van der Waals surface area contributed by atoms with E-state index in [0.717, 1.165) is 31.7 Å². The summed E-state index contributed by atoms with van der Waals surface area (Å²) in [5.41, 5.74) is 8.75. The Hall–Kier alpha value is -1.36. The fraction of sp³-hybridized carbons (Fsp3) is 0.471. The van der Waals surface area contributed by atoms with Crippen molar-refractivity contribution < 1.29 is 0 Å². The Morgan fingerprint density at radius 3 is 2.68 bits per heavy atom. The minimum atomic E-state index is 0. The molecule has 0 spiro atoms. The summed E-state index contributed by atoms with van der Waals surface area (Å²) in [4.78, 5) is 2.48. The molecular formula is C17H25ClN4. The van der Waals surface area contributed by atoms with E-state index in [1.165, 1.54) is 5.56 Å². The molecule has 1 aliphatic rings. The van der Waals surface area contributed by atoms with E-state index in [2.05, 4.69) is 42.2 Å². The lowest BCUT2D eigenvalue weighted by molar-refractivity contribution is 0.0899. The van der Waals surface area contributed by atoms with E-state index in [0.29, 0.717) is 6.04 Å². The van der Waals surface area contributed by atoms with Crippen molar-refractivity contribution in [3.05, 3.63) is 48.3 Å². The molecule has 1 aromatic heterocycles. The van der Waals surface area contributed by atoms with Crippen LogP contribution in [0.3, 0.4) is 0 Å². The first-order valence-corrected chi connectivity index (χ1v) is 7.61. The second-order valence-corrected chi connectivity index (χ2v) is 6.72. The van der Waals surface area contributed by atoms with E-state index < -0.39 is 0 Å². The van der Waals surface area contributed by atoms with Crippen LogP contribution in [0.15, 0.2) is 42.7 Å². The van der Waals surface area contributed by atoms with E-state index in [1.807, 2.05) is 29.1 Å². The number of halogens is 1. The van der Waals surface area contributed by atoms with Gasteiger partial charge in [0.1, 0.15) is 0 Å². The SMILES string of the molecule is CC1(C)CN(Cc2cnn(-c3ccccc3)c2)CCC1N.Cl. The van der Waals surface area contributed by atoms with E-state index in [4.69, 9.17) is 5.73 Å². The molecule has 2 heterocycles. The zero-order valence-corrected chi connectivity index (χ0v) is 14.1. The molecule has 2 N–H and O–H groups in total. The van der Waals surface area contributed by atoms with Crippen molar-refractivity contribution in [3.8, 4) is 5.69 Å². The summed E-state index contributed by atoms with van der Waals surface area (Å²) in [5.74, 6) is 0. The number of hydrogen-bond acceptors (Lipinski definition) is 3. The molecule has 1 unspecified atom stereocenters. The van der Waals surface area contributed by atoms with Crippen LogP contribution in [-0.4, -0.2) is 33.8 Å². The van der Waals surface area contributed by atoms with Gasteiger partial charge in [-0.05, 0) is 24.0 Å². The van der Waals surface area contributed by atoms with Gasteiger partial charge in [0.15, 0.2) is 0 Å². The monoisotopic (exact) mass is 320 g/mol. The number of hydrogen-bond donors (Lipinski definition) is 1. The van der Waals surface area contributed by atoms with Crippen LogP contribution in [0.4, 0.5) is 0 Å². The third-order valence-corrected chi connectivity index (χ3v) is 4.45. The number of benzene rings is 1. The highest BCUT2D eigenvalue weighted by atomic mass is 35.5. The van der Waals surface area contributed by atoms with Crippen LogP contribution in [-0.2, 0) is 6.54 Å². The van der Waals surface area contributed by atoms with E-state index in [9.17, 15) is 0 Å². The van der Waals surface area contributed by atoms with Gasteiger partial charge in [-0.25, -0.2) is 4.68 Å². The third-order valence-electron chi connectivity index (χ3n) is 4.45. The van der Waals surface area contributed by atoms with Crippen molar-refractivity contribution in [1.82, 2.24) is 14.7 Å². The highest BCUT2D eigenvalue weighted by Crippen LogP contribution is 2.28. The van der Waals surface area contributed by atoms with Crippen LogP contribution in [0.2, 0.25) is 0 Å². The number of aromatic nitrogens is 2. The molecule has 1 atom stereocenters. The standard InChI is InChI=1S/C17H24N4.ClH/c1-17(2)13-20(9-8-16(17)18)11-14-10-19-21(12-14)15-6-4-3-5-7-15;/h3-7,10,12,16H,8-9,11,13,18H2,1-2H3;1H. The Morgan fingerprint density at radius 1 is 1.27 bits per heavy atom. The number of nitrogens with zero attached hydrogens (tertiary/aromatic N) is 3. The summed E-state index contributed by atoms with van der Waals surface area (Å²) in [6, 6.07) is 10.5. The Labute approximate surface area is 138 Å². The molecule has 0 radical (unpaired) electrons. The molecule has 3 rings (SSSR count). The van der Waals surface area contributed by atoms with Gasteiger partial charge in [-0.1, -0.05) is 32.0 Å². The molecule has 2 aromatic rings. The molecule has 5 heteroatoms. The maximum absolute atomic E-state index is 6.21. The number of para-hydroxylation sites is 1. The second-order valence-electron chi connectivity index (χ2n) is 6.72. The second kappa shape index (κ2) is 6.82. The van der Waals surface area contributed by atoms with Crippen LogP contribution in [0.5, 0.6) is 0 Å². The lowest BCUT2D eigenvalue weighted by atomic mass is 9.79. The Balaban J connectivity index is 0.00000176. The first kappa shape index (κ1) is 17.0. The van der Waals surface area contributed by atoms with Crippen molar-refractivity contribution in [2.75, 3.05) is 13.1 Å². The number of nitrogens with two attached hydrogens (primary N) is 1. The lowest BCUT2D eigenvalue weighted by Crippen LogP contribution is -2.51. The van der Waals surface area contributed by atoms with Crippen LogP contribution in [0, 0.1) is 5.41 Å². The molecule has 22 heavy (non-hydrogen) atoms. The van der Waals surface area contributed by atoms with Gasteiger partial charge in [0.05, 0.1) is 11.9 Å². The highest BCUT2D eigenvalue weighted by Gasteiger charge is 2.33. The topological polar surface area (TPSA) is 47.1 Å². The van der Waals surface area contributed by atoms with Crippen LogP contribution >= 0.6 is 12.4 Å². The minimum Gasteiger partial charge on any atom is -0.327 e. The predicted molar refractivity (Wildman–Crippen MR) is 92.5 cm³/mol. The van der Waals surface area contributed by atoms with Gasteiger partial charge in [-0.2, -0.15) is 5.10 Å². The normalized spacial score (nSPS) is 21.3. The van der Waals surface area contributed by atoms with Gasteiger partial charge in [-0.15, -0.1) is 12.4 Å². The van der Waals surface area contributed by atoms with Crippen LogP contribution < -0.4 is 5.73 Å². The average Bonchev–Trinajstić information content (AvgIpc) is 2.92. The largest absolute Gasteiger partial charge is 0.327 e. The number of piperidine rings is 1. The summed E-state index contributed by atoms with van der Waals surface area (Å²) < 4.78 is 1.94. The number of likely N-dealkylation sites (tertiary alicyclic amines) is 1. The summed E-state index contributed by atoms with van der Waals surface area (Å²) in [6.45, 7) is 7.59. The Bertz CT molecular complexity index is 594. The van der Waals surface area contributed by atoms with Crippen LogP contribution in [0.1, 0.15) is 25.8 Å². The maximum atomic E-state index is 6.21. The van der Waals surface area contributed by atoms with Crippen molar-refractivity contribution in [2.24, 2.45) is 11.1 Å². The molecular weight excluding hydrogens is 296 g/mol. The fourth-order valence-electron chi connectivity index (χ4n) is 3.04. The fourth-order valence-corrected chi connectivity index (χ4v) is 3.04. The Kier molecular flexibility index (Phi) is 5.27. The zero-order valence-electron chi connectivity index (χ0n) is 13.3. The van der Waals surface area contributed by atoms with Crippen molar-refractivity contribution in [1.29, 1.82) is 0 Å². The van der Waals surface area contributed by atoms with Gasteiger partial charge in [0, 0.05) is 37.4 Å². The van der Waals surface area contributed by atoms with E-state index in [-0.39, 0.29) is 17.8 Å². The van der Waals surface area contributed by atoms with Crippen molar-refractivity contribution >= 4 is 12.4 Å². The van der Waals surface area contributed by atoms with Crippen molar-refractivity contribution in [3.63, 3.8) is 0 Å². The molecule has 1 aliphatic heterocycles. The molecule has 1 aromatic carbocycles. The summed E-state index contributed by atoms with van der Waals surface area (Å²) in [7, 11) is 0. The molecule has 0 bridgehead atoms. The molecule has 1 saturated heterocycles. The molecule has 120 valence electrons. The molecule has 0 amide bonds. The van der Waals surface area contributed by atoms with Gasteiger partial charge in [-0.3, -0.25) is 4.90 Å². The van der Waals surface area contributed by atoms with Gasteiger partial charge in [0.25, 0.3) is 0 Å². The molecule has 4 nitrogen and oxygen atoms in total. The quantitative estimate of drug-likeness (QED) is 0.946. The maximum Gasteiger partial charge on any atom is 0.0645 e. The molecule has 0 saturated carbocycles. The summed E-state index contributed by atoms with van der Waals surface area (Å²) in [6.07, 6.45) is 5.16. The van der Waals surface area contributed by atoms with Gasteiger partial charge in [0.2, 0.25) is 0 Å². The summed E-state index contributed by atoms with van der Waals surface area (Å²) in [5, 5.41) is 4.47. The molecule has 1 fully saturated rings. The average molecular weight is 321 g/mol. The predicted octanol–water partition coefficient (Wildman–Crippen LogP) is 2.85. The first-order valence-electron chi connectivity index (χ1n) is 7.61. The third kappa shape index (κ3) is 3.69. The smallest absolute Gasteiger partial charge is 0.0645 e. The number of rotatable bonds is 3. The summed E-state index contributed by atoms with van der Waals surface area (Å²) >= 11 is 0.